The molecule has 0 bridgehead atoms. The van der Waals surface area contributed by atoms with Crippen LogP contribution in [0.3, 0.4) is 0 Å². The second-order valence-corrected chi connectivity index (χ2v) is 5.17. The van der Waals surface area contributed by atoms with Gasteiger partial charge in [-0.2, -0.15) is 0 Å². The SMILES string of the molecule is NC(c1cc2ccccc2o1)C1COc2ccccc21. The summed E-state index contributed by atoms with van der Waals surface area (Å²) in [6, 6.07) is 17.9. The fraction of sp³-hybridized carbons (Fsp3) is 0.176. The van der Waals surface area contributed by atoms with Crippen molar-refractivity contribution in [3.8, 4) is 5.75 Å². The maximum Gasteiger partial charge on any atom is 0.134 e. The van der Waals surface area contributed by atoms with E-state index in [0.717, 1.165) is 22.5 Å². The van der Waals surface area contributed by atoms with Crippen molar-refractivity contribution in [2.24, 2.45) is 5.73 Å². The van der Waals surface area contributed by atoms with Gasteiger partial charge in [0.2, 0.25) is 0 Å². The Kier molecular flexibility index (Phi) is 2.54. The number of fused-ring (bicyclic) bond motifs is 2. The van der Waals surface area contributed by atoms with Gasteiger partial charge in [0.05, 0.1) is 12.6 Å². The van der Waals surface area contributed by atoms with Crippen LogP contribution in [0.15, 0.2) is 59.0 Å². The monoisotopic (exact) mass is 265 g/mol. The lowest BCUT2D eigenvalue weighted by molar-refractivity contribution is 0.305. The van der Waals surface area contributed by atoms with Crippen LogP contribution in [0.1, 0.15) is 23.3 Å². The first-order valence-corrected chi connectivity index (χ1v) is 6.79. The molecule has 0 spiro atoms. The lowest BCUT2D eigenvalue weighted by Gasteiger charge is -2.15. The minimum Gasteiger partial charge on any atom is -0.493 e. The minimum atomic E-state index is -0.189. The van der Waals surface area contributed by atoms with Gasteiger partial charge < -0.3 is 14.9 Å². The highest BCUT2D eigenvalue weighted by molar-refractivity contribution is 5.77. The Morgan fingerprint density at radius 1 is 1.05 bits per heavy atom. The van der Waals surface area contributed by atoms with E-state index in [0.29, 0.717) is 6.61 Å². The van der Waals surface area contributed by atoms with Gasteiger partial charge in [0.1, 0.15) is 17.1 Å². The summed E-state index contributed by atoms with van der Waals surface area (Å²) >= 11 is 0. The van der Waals surface area contributed by atoms with E-state index < -0.39 is 0 Å². The Morgan fingerprint density at radius 3 is 2.75 bits per heavy atom. The van der Waals surface area contributed by atoms with Crippen LogP contribution >= 0.6 is 0 Å². The van der Waals surface area contributed by atoms with E-state index in [4.69, 9.17) is 14.9 Å². The summed E-state index contributed by atoms with van der Waals surface area (Å²) in [6.45, 7) is 0.609. The van der Waals surface area contributed by atoms with Crippen molar-refractivity contribution >= 4 is 11.0 Å². The van der Waals surface area contributed by atoms with Crippen LogP contribution in [0.25, 0.3) is 11.0 Å². The van der Waals surface area contributed by atoms with Gasteiger partial charge in [-0.3, -0.25) is 0 Å². The number of hydrogen-bond donors (Lipinski definition) is 1. The third-order valence-corrected chi connectivity index (χ3v) is 3.94. The number of furan rings is 1. The van der Waals surface area contributed by atoms with E-state index in [1.165, 1.54) is 5.56 Å². The minimum absolute atomic E-state index is 0.145. The Balaban J connectivity index is 1.72. The summed E-state index contributed by atoms with van der Waals surface area (Å²) in [6.07, 6.45) is 0. The molecule has 3 aromatic rings. The second kappa shape index (κ2) is 4.39. The number of nitrogens with two attached hydrogens (primary N) is 1. The van der Waals surface area contributed by atoms with Crippen molar-refractivity contribution in [3.05, 3.63) is 65.9 Å². The van der Waals surface area contributed by atoms with Crippen molar-refractivity contribution < 1.29 is 9.15 Å². The molecule has 2 heterocycles. The molecule has 20 heavy (non-hydrogen) atoms. The normalized spacial score (nSPS) is 18.8. The van der Waals surface area contributed by atoms with Crippen LogP contribution in [0.5, 0.6) is 5.75 Å². The second-order valence-electron chi connectivity index (χ2n) is 5.17. The van der Waals surface area contributed by atoms with E-state index in [-0.39, 0.29) is 12.0 Å². The molecular weight excluding hydrogens is 250 g/mol. The maximum atomic E-state index is 6.41. The summed E-state index contributed by atoms with van der Waals surface area (Å²) in [7, 11) is 0. The predicted octanol–water partition coefficient (Wildman–Crippen LogP) is 3.61. The van der Waals surface area contributed by atoms with Crippen LogP contribution < -0.4 is 10.5 Å². The zero-order valence-electron chi connectivity index (χ0n) is 11.0. The molecule has 1 aliphatic rings. The summed E-state index contributed by atoms with van der Waals surface area (Å²) < 4.78 is 11.6. The van der Waals surface area contributed by atoms with Crippen LogP contribution in [-0.4, -0.2) is 6.61 Å². The Labute approximate surface area is 117 Å². The van der Waals surface area contributed by atoms with Crippen molar-refractivity contribution in [2.45, 2.75) is 12.0 Å². The van der Waals surface area contributed by atoms with Crippen LogP contribution in [0, 0.1) is 0 Å². The summed E-state index contributed by atoms with van der Waals surface area (Å²) in [5.41, 5.74) is 8.45. The fourth-order valence-electron chi connectivity index (χ4n) is 2.85. The van der Waals surface area contributed by atoms with E-state index in [1.807, 2.05) is 48.5 Å². The Morgan fingerprint density at radius 2 is 1.85 bits per heavy atom. The van der Waals surface area contributed by atoms with Gasteiger partial charge in [-0.05, 0) is 18.2 Å². The molecule has 2 unspecified atom stereocenters. The largest absolute Gasteiger partial charge is 0.493 e. The molecule has 3 nitrogen and oxygen atoms in total. The Hall–Kier alpha value is -2.26. The lowest BCUT2D eigenvalue weighted by atomic mass is 9.92. The number of rotatable bonds is 2. The number of hydrogen-bond acceptors (Lipinski definition) is 3. The van der Waals surface area contributed by atoms with Crippen molar-refractivity contribution in [1.82, 2.24) is 0 Å². The average molecular weight is 265 g/mol. The van der Waals surface area contributed by atoms with Crippen molar-refractivity contribution in [3.63, 3.8) is 0 Å². The molecule has 2 atom stereocenters. The van der Waals surface area contributed by atoms with Gasteiger partial charge in [0.25, 0.3) is 0 Å². The average Bonchev–Trinajstić information content (AvgIpc) is 3.10. The highest BCUT2D eigenvalue weighted by atomic mass is 16.5. The molecule has 0 saturated carbocycles. The van der Waals surface area contributed by atoms with Crippen molar-refractivity contribution in [2.75, 3.05) is 6.61 Å². The molecule has 4 rings (SSSR count). The smallest absolute Gasteiger partial charge is 0.134 e. The topological polar surface area (TPSA) is 48.4 Å². The number of ether oxygens (including phenoxy) is 1. The number of para-hydroxylation sites is 2. The third kappa shape index (κ3) is 1.71. The summed E-state index contributed by atoms with van der Waals surface area (Å²) in [5, 5.41) is 1.09. The molecule has 3 heteroatoms. The van der Waals surface area contributed by atoms with Gasteiger partial charge >= 0.3 is 0 Å². The van der Waals surface area contributed by atoms with E-state index >= 15 is 0 Å². The molecule has 100 valence electrons. The molecule has 1 aliphatic heterocycles. The van der Waals surface area contributed by atoms with Crippen LogP contribution in [0.2, 0.25) is 0 Å². The first kappa shape index (κ1) is 11.6. The highest BCUT2D eigenvalue weighted by Gasteiger charge is 2.31. The summed E-state index contributed by atoms with van der Waals surface area (Å²) in [4.78, 5) is 0. The van der Waals surface area contributed by atoms with E-state index in [9.17, 15) is 0 Å². The molecule has 0 fully saturated rings. The molecule has 0 saturated heterocycles. The zero-order valence-corrected chi connectivity index (χ0v) is 11.0. The summed E-state index contributed by atoms with van der Waals surface area (Å²) in [5.74, 6) is 1.90. The lowest BCUT2D eigenvalue weighted by Crippen LogP contribution is -2.20. The highest BCUT2D eigenvalue weighted by Crippen LogP contribution is 2.40. The fourth-order valence-corrected chi connectivity index (χ4v) is 2.85. The van der Waals surface area contributed by atoms with E-state index in [2.05, 4.69) is 6.07 Å². The number of benzene rings is 2. The zero-order chi connectivity index (χ0) is 13.5. The van der Waals surface area contributed by atoms with Gasteiger partial charge in [0.15, 0.2) is 0 Å². The molecule has 2 N–H and O–H groups in total. The van der Waals surface area contributed by atoms with E-state index in [1.54, 1.807) is 0 Å². The first-order chi connectivity index (χ1) is 9.83. The molecule has 2 aromatic carbocycles. The standard InChI is InChI=1S/C17H15NO2/c18-17(13-10-19-15-8-4-2-6-12(13)15)16-9-11-5-1-3-7-14(11)20-16/h1-9,13,17H,10,18H2. The molecular formula is C17H15NO2. The maximum absolute atomic E-state index is 6.41. The van der Waals surface area contributed by atoms with Gasteiger partial charge in [-0.15, -0.1) is 0 Å². The van der Waals surface area contributed by atoms with Gasteiger partial charge in [-0.1, -0.05) is 36.4 Å². The van der Waals surface area contributed by atoms with Gasteiger partial charge in [-0.25, -0.2) is 0 Å². The molecule has 0 aliphatic carbocycles. The predicted molar refractivity (Wildman–Crippen MR) is 77.8 cm³/mol. The van der Waals surface area contributed by atoms with Crippen LogP contribution in [-0.2, 0) is 0 Å². The quantitative estimate of drug-likeness (QED) is 0.770. The first-order valence-electron chi connectivity index (χ1n) is 6.79. The molecule has 1 aromatic heterocycles. The van der Waals surface area contributed by atoms with Gasteiger partial charge in [0, 0.05) is 16.9 Å². The Bertz CT molecular complexity index is 729. The third-order valence-electron chi connectivity index (χ3n) is 3.94. The molecule has 0 amide bonds. The van der Waals surface area contributed by atoms with Crippen molar-refractivity contribution in [1.29, 1.82) is 0 Å². The van der Waals surface area contributed by atoms with Crippen LogP contribution in [0.4, 0.5) is 0 Å². The molecule has 0 radical (unpaired) electrons.